The van der Waals surface area contributed by atoms with Gasteiger partial charge in [0.25, 0.3) is 0 Å². The molecular formula is C13H26. The second-order valence-corrected chi connectivity index (χ2v) is 5.40. The molecule has 3 atom stereocenters. The molecule has 0 aromatic carbocycles. The highest BCUT2D eigenvalue weighted by atomic mass is 14.4. The summed E-state index contributed by atoms with van der Waals surface area (Å²) in [5.41, 5.74) is 0. The molecule has 0 nitrogen and oxygen atoms in total. The van der Waals surface area contributed by atoms with Crippen LogP contribution in [-0.4, -0.2) is 0 Å². The third-order valence-corrected chi connectivity index (χ3v) is 3.73. The maximum absolute atomic E-state index is 2.46. The fourth-order valence-electron chi connectivity index (χ4n) is 2.91. The van der Waals surface area contributed by atoms with Crippen LogP contribution < -0.4 is 0 Å². The van der Waals surface area contributed by atoms with E-state index in [2.05, 4.69) is 27.7 Å². The molecule has 0 aromatic rings. The minimum atomic E-state index is 0.904. The van der Waals surface area contributed by atoms with E-state index in [0.717, 1.165) is 23.7 Å². The number of rotatable bonds is 5. The van der Waals surface area contributed by atoms with Crippen molar-refractivity contribution in [3.63, 3.8) is 0 Å². The average Bonchev–Trinajstić information content (AvgIpc) is 1.98. The van der Waals surface area contributed by atoms with E-state index in [1.54, 1.807) is 0 Å². The molecule has 13 heavy (non-hydrogen) atoms. The molecule has 0 heterocycles. The predicted octanol–water partition coefficient (Wildman–Crippen LogP) is 4.49. The van der Waals surface area contributed by atoms with Crippen molar-refractivity contribution in [2.75, 3.05) is 0 Å². The maximum Gasteiger partial charge on any atom is -0.0360 e. The first kappa shape index (κ1) is 11.1. The Morgan fingerprint density at radius 1 is 1.15 bits per heavy atom. The largest absolute Gasteiger partial charge is 0.0654 e. The van der Waals surface area contributed by atoms with Crippen LogP contribution in [-0.2, 0) is 0 Å². The summed E-state index contributed by atoms with van der Waals surface area (Å²) in [6.45, 7) is 9.49. The van der Waals surface area contributed by atoms with Gasteiger partial charge in [-0.25, -0.2) is 0 Å². The van der Waals surface area contributed by atoms with Crippen LogP contribution in [0.4, 0.5) is 0 Å². The summed E-state index contributed by atoms with van der Waals surface area (Å²) in [6.07, 6.45) is 7.31. The molecule has 0 aromatic heterocycles. The second kappa shape index (κ2) is 5.02. The van der Waals surface area contributed by atoms with E-state index in [1.165, 1.54) is 32.1 Å². The van der Waals surface area contributed by atoms with Gasteiger partial charge in [-0.1, -0.05) is 40.5 Å². The molecule has 1 aliphatic rings. The Kier molecular flexibility index (Phi) is 4.28. The van der Waals surface area contributed by atoms with Gasteiger partial charge in [-0.05, 0) is 42.9 Å². The van der Waals surface area contributed by atoms with Gasteiger partial charge in [0, 0.05) is 0 Å². The van der Waals surface area contributed by atoms with Gasteiger partial charge in [0.05, 0.1) is 0 Å². The third kappa shape index (κ3) is 3.00. The Labute approximate surface area is 84.1 Å². The van der Waals surface area contributed by atoms with Crippen molar-refractivity contribution in [1.29, 1.82) is 0 Å². The van der Waals surface area contributed by atoms with Crippen LogP contribution in [0.5, 0.6) is 0 Å². The summed E-state index contributed by atoms with van der Waals surface area (Å²) in [7, 11) is 0. The topological polar surface area (TPSA) is 0 Å². The predicted molar refractivity (Wildman–Crippen MR) is 59.7 cm³/mol. The molecule has 0 saturated heterocycles. The Hall–Kier alpha value is 0. The van der Waals surface area contributed by atoms with Crippen LogP contribution in [0.2, 0.25) is 0 Å². The Morgan fingerprint density at radius 3 is 2.23 bits per heavy atom. The van der Waals surface area contributed by atoms with Crippen molar-refractivity contribution in [1.82, 2.24) is 0 Å². The fraction of sp³-hybridized carbons (Fsp3) is 1.00. The van der Waals surface area contributed by atoms with E-state index in [4.69, 9.17) is 0 Å². The quantitative estimate of drug-likeness (QED) is 0.587. The molecule has 3 unspecified atom stereocenters. The van der Waals surface area contributed by atoms with E-state index in [0.29, 0.717) is 0 Å². The summed E-state index contributed by atoms with van der Waals surface area (Å²) in [6, 6.07) is 0. The van der Waals surface area contributed by atoms with E-state index in [1.807, 2.05) is 0 Å². The third-order valence-electron chi connectivity index (χ3n) is 3.73. The zero-order chi connectivity index (χ0) is 9.84. The van der Waals surface area contributed by atoms with Crippen molar-refractivity contribution in [2.45, 2.75) is 59.8 Å². The molecule has 1 fully saturated rings. The normalized spacial score (nSPS) is 30.2. The van der Waals surface area contributed by atoms with Crippen LogP contribution in [0.3, 0.4) is 0 Å². The smallest absolute Gasteiger partial charge is 0.0360 e. The lowest BCUT2D eigenvalue weighted by atomic mass is 9.64. The molecular weight excluding hydrogens is 156 g/mol. The van der Waals surface area contributed by atoms with Crippen molar-refractivity contribution in [3.05, 3.63) is 0 Å². The van der Waals surface area contributed by atoms with Gasteiger partial charge < -0.3 is 0 Å². The van der Waals surface area contributed by atoms with Crippen LogP contribution in [0.1, 0.15) is 59.8 Å². The van der Waals surface area contributed by atoms with Crippen LogP contribution in [0.25, 0.3) is 0 Å². The monoisotopic (exact) mass is 182 g/mol. The zero-order valence-corrected chi connectivity index (χ0v) is 9.84. The standard InChI is InChI=1S/C13H26/c1-5-6-11(4)13-8-7-12(13)9-10(2)3/h10-13H,5-9H2,1-4H3. The summed E-state index contributed by atoms with van der Waals surface area (Å²) < 4.78 is 0. The lowest BCUT2D eigenvalue weighted by molar-refractivity contribution is 0.0878. The fourth-order valence-corrected chi connectivity index (χ4v) is 2.91. The highest BCUT2D eigenvalue weighted by molar-refractivity contribution is 4.84. The van der Waals surface area contributed by atoms with Gasteiger partial charge in [0.2, 0.25) is 0 Å². The van der Waals surface area contributed by atoms with Gasteiger partial charge in [-0.15, -0.1) is 0 Å². The highest BCUT2D eigenvalue weighted by Gasteiger charge is 2.34. The lowest BCUT2D eigenvalue weighted by Crippen LogP contribution is -2.32. The summed E-state index contributed by atoms with van der Waals surface area (Å²) in [5, 5.41) is 0. The van der Waals surface area contributed by atoms with Gasteiger partial charge >= 0.3 is 0 Å². The van der Waals surface area contributed by atoms with Crippen molar-refractivity contribution in [2.24, 2.45) is 23.7 Å². The lowest BCUT2D eigenvalue weighted by Gasteiger charge is -2.42. The van der Waals surface area contributed by atoms with Crippen LogP contribution in [0.15, 0.2) is 0 Å². The van der Waals surface area contributed by atoms with Crippen LogP contribution in [0, 0.1) is 23.7 Å². The van der Waals surface area contributed by atoms with E-state index >= 15 is 0 Å². The minimum absolute atomic E-state index is 0.904. The van der Waals surface area contributed by atoms with Crippen molar-refractivity contribution < 1.29 is 0 Å². The molecule has 0 aliphatic heterocycles. The highest BCUT2D eigenvalue weighted by Crippen LogP contribution is 2.44. The molecule has 1 rings (SSSR count). The van der Waals surface area contributed by atoms with Crippen molar-refractivity contribution in [3.8, 4) is 0 Å². The molecule has 1 saturated carbocycles. The molecule has 0 heteroatoms. The number of hydrogen-bond acceptors (Lipinski definition) is 0. The van der Waals surface area contributed by atoms with Gasteiger partial charge in [0.1, 0.15) is 0 Å². The summed E-state index contributed by atoms with van der Waals surface area (Å²) in [4.78, 5) is 0. The van der Waals surface area contributed by atoms with Crippen molar-refractivity contribution >= 4 is 0 Å². The summed E-state index contributed by atoms with van der Waals surface area (Å²) >= 11 is 0. The molecule has 0 radical (unpaired) electrons. The van der Waals surface area contributed by atoms with Gasteiger partial charge in [0.15, 0.2) is 0 Å². The molecule has 78 valence electrons. The second-order valence-electron chi connectivity index (χ2n) is 5.40. The number of hydrogen-bond donors (Lipinski definition) is 0. The van der Waals surface area contributed by atoms with Gasteiger partial charge in [-0.2, -0.15) is 0 Å². The molecule has 0 bridgehead atoms. The van der Waals surface area contributed by atoms with E-state index in [9.17, 15) is 0 Å². The zero-order valence-electron chi connectivity index (χ0n) is 9.84. The molecule has 0 N–H and O–H groups in total. The first-order chi connectivity index (χ1) is 6.15. The van der Waals surface area contributed by atoms with E-state index in [-0.39, 0.29) is 0 Å². The average molecular weight is 182 g/mol. The van der Waals surface area contributed by atoms with Gasteiger partial charge in [-0.3, -0.25) is 0 Å². The molecule has 1 aliphatic carbocycles. The maximum atomic E-state index is 2.46. The molecule has 0 spiro atoms. The first-order valence-electron chi connectivity index (χ1n) is 6.15. The van der Waals surface area contributed by atoms with Crippen LogP contribution >= 0.6 is 0 Å². The molecule has 0 amide bonds. The summed E-state index contributed by atoms with van der Waals surface area (Å²) in [5.74, 6) is 4.04. The minimum Gasteiger partial charge on any atom is -0.0654 e. The Balaban J connectivity index is 2.27. The Bertz CT molecular complexity index is 137. The first-order valence-corrected chi connectivity index (χ1v) is 6.15. The van der Waals surface area contributed by atoms with E-state index < -0.39 is 0 Å². The SMILES string of the molecule is CCCC(C)C1CCC1CC(C)C. The Morgan fingerprint density at radius 2 is 1.85 bits per heavy atom.